The van der Waals surface area contributed by atoms with Crippen molar-refractivity contribution in [2.24, 2.45) is 7.05 Å². The van der Waals surface area contributed by atoms with Crippen LogP contribution in [0.4, 0.5) is 10.6 Å². The molecule has 1 aliphatic rings. The topological polar surface area (TPSA) is 87.4 Å². The molecule has 8 nitrogen and oxygen atoms in total. The summed E-state index contributed by atoms with van der Waals surface area (Å²) < 4.78 is 1.78. The van der Waals surface area contributed by atoms with Crippen LogP contribution in [0.2, 0.25) is 5.28 Å². The van der Waals surface area contributed by atoms with Gasteiger partial charge in [-0.25, -0.2) is 9.78 Å². The summed E-state index contributed by atoms with van der Waals surface area (Å²) in [5, 5.41) is 9.12. The van der Waals surface area contributed by atoms with Crippen molar-refractivity contribution in [2.45, 2.75) is 0 Å². The second-order valence-corrected chi connectivity index (χ2v) is 4.94. The minimum atomic E-state index is -0.895. The van der Waals surface area contributed by atoms with Gasteiger partial charge in [0.25, 0.3) is 0 Å². The predicted octanol–water partition coefficient (Wildman–Crippen LogP) is 0.817. The summed E-state index contributed by atoms with van der Waals surface area (Å²) in [5.74, 6) is 0.658. The molecular formula is C11H13ClN6O2. The molecule has 1 saturated heterocycles. The molecule has 3 heterocycles. The normalized spacial score (nSPS) is 15.9. The van der Waals surface area contributed by atoms with Crippen LogP contribution in [0.15, 0.2) is 6.33 Å². The quantitative estimate of drug-likeness (QED) is 0.784. The van der Waals surface area contributed by atoms with Crippen molar-refractivity contribution in [2.75, 3.05) is 31.1 Å². The van der Waals surface area contributed by atoms with Crippen LogP contribution in [0.25, 0.3) is 11.2 Å². The molecule has 20 heavy (non-hydrogen) atoms. The van der Waals surface area contributed by atoms with Crippen LogP contribution in [0.3, 0.4) is 0 Å². The SMILES string of the molecule is Cn1cnc2c(N3CCN(C(=O)O)CC3)nc(Cl)nc21. The number of carbonyl (C=O) groups is 1. The molecule has 0 bridgehead atoms. The summed E-state index contributed by atoms with van der Waals surface area (Å²) in [6.07, 6.45) is 0.764. The number of nitrogens with zero attached hydrogens (tertiary/aromatic N) is 6. The molecule has 0 aliphatic carbocycles. The first kappa shape index (κ1) is 12.9. The Morgan fingerprint density at radius 1 is 1.30 bits per heavy atom. The van der Waals surface area contributed by atoms with E-state index >= 15 is 0 Å². The Hall–Kier alpha value is -2.09. The zero-order valence-corrected chi connectivity index (χ0v) is 11.6. The number of hydrogen-bond acceptors (Lipinski definition) is 5. The highest BCUT2D eigenvalue weighted by Crippen LogP contribution is 2.24. The van der Waals surface area contributed by atoms with Gasteiger partial charge in [0.2, 0.25) is 5.28 Å². The van der Waals surface area contributed by atoms with E-state index in [2.05, 4.69) is 15.0 Å². The van der Waals surface area contributed by atoms with Gasteiger partial charge in [-0.2, -0.15) is 9.97 Å². The van der Waals surface area contributed by atoms with Crippen LogP contribution in [0.5, 0.6) is 0 Å². The monoisotopic (exact) mass is 296 g/mol. The molecule has 0 radical (unpaired) electrons. The first-order chi connectivity index (χ1) is 9.56. The lowest BCUT2D eigenvalue weighted by Crippen LogP contribution is -2.48. The van der Waals surface area contributed by atoms with Crippen molar-refractivity contribution in [3.05, 3.63) is 11.6 Å². The average molecular weight is 297 g/mol. The number of hydrogen-bond donors (Lipinski definition) is 1. The third-order valence-electron chi connectivity index (χ3n) is 3.36. The number of piperazine rings is 1. The summed E-state index contributed by atoms with van der Waals surface area (Å²) in [6, 6.07) is 0. The molecule has 3 rings (SSSR count). The smallest absolute Gasteiger partial charge is 0.407 e. The number of carboxylic acid groups (broad SMARTS) is 1. The minimum absolute atomic E-state index is 0.164. The van der Waals surface area contributed by atoms with Crippen LogP contribution in [-0.2, 0) is 7.05 Å². The zero-order valence-electron chi connectivity index (χ0n) is 10.8. The highest BCUT2D eigenvalue weighted by atomic mass is 35.5. The van der Waals surface area contributed by atoms with Crippen molar-refractivity contribution in [3.8, 4) is 0 Å². The summed E-state index contributed by atoms with van der Waals surface area (Å²) in [5.41, 5.74) is 1.35. The second-order valence-electron chi connectivity index (χ2n) is 4.60. The molecule has 1 fully saturated rings. The van der Waals surface area contributed by atoms with Gasteiger partial charge < -0.3 is 19.5 Å². The molecule has 0 atom stereocenters. The molecule has 0 aromatic carbocycles. The number of aryl methyl sites for hydroxylation is 1. The number of fused-ring (bicyclic) bond motifs is 1. The fourth-order valence-corrected chi connectivity index (χ4v) is 2.46. The maximum absolute atomic E-state index is 10.9. The van der Waals surface area contributed by atoms with E-state index in [9.17, 15) is 4.79 Å². The van der Waals surface area contributed by atoms with E-state index in [1.807, 2.05) is 11.9 Å². The highest BCUT2D eigenvalue weighted by Gasteiger charge is 2.24. The van der Waals surface area contributed by atoms with E-state index < -0.39 is 6.09 Å². The molecule has 0 unspecified atom stereocenters. The number of imidazole rings is 1. The summed E-state index contributed by atoms with van der Waals surface area (Å²) >= 11 is 5.96. The van der Waals surface area contributed by atoms with E-state index in [4.69, 9.17) is 16.7 Å². The van der Waals surface area contributed by atoms with Crippen molar-refractivity contribution in [3.63, 3.8) is 0 Å². The van der Waals surface area contributed by atoms with Gasteiger partial charge in [-0.05, 0) is 11.6 Å². The van der Waals surface area contributed by atoms with Gasteiger partial charge in [0.05, 0.1) is 6.33 Å². The molecule has 106 valence electrons. The molecule has 0 spiro atoms. The van der Waals surface area contributed by atoms with E-state index in [1.54, 1.807) is 10.9 Å². The Balaban J connectivity index is 1.93. The van der Waals surface area contributed by atoms with Crippen LogP contribution >= 0.6 is 11.6 Å². The lowest BCUT2D eigenvalue weighted by molar-refractivity contribution is 0.142. The highest BCUT2D eigenvalue weighted by molar-refractivity contribution is 6.28. The van der Waals surface area contributed by atoms with Gasteiger partial charge >= 0.3 is 6.09 Å². The molecule has 0 saturated carbocycles. The van der Waals surface area contributed by atoms with Crippen molar-refractivity contribution < 1.29 is 9.90 Å². The third-order valence-corrected chi connectivity index (χ3v) is 3.53. The largest absolute Gasteiger partial charge is 0.465 e. The second kappa shape index (κ2) is 4.78. The van der Waals surface area contributed by atoms with E-state index in [-0.39, 0.29) is 5.28 Å². The number of halogens is 1. The minimum Gasteiger partial charge on any atom is -0.465 e. The number of rotatable bonds is 1. The third kappa shape index (κ3) is 2.11. The first-order valence-electron chi connectivity index (χ1n) is 6.13. The van der Waals surface area contributed by atoms with Gasteiger partial charge in [0, 0.05) is 33.2 Å². The molecular weight excluding hydrogens is 284 g/mol. The van der Waals surface area contributed by atoms with Crippen molar-refractivity contribution in [1.29, 1.82) is 0 Å². The van der Waals surface area contributed by atoms with Gasteiger partial charge in [-0.15, -0.1) is 0 Å². The average Bonchev–Trinajstić information content (AvgIpc) is 2.80. The Morgan fingerprint density at radius 3 is 2.65 bits per heavy atom. The lowest BCUT2D eigenvalue weighted by Gasteiger charge is -2.33. The maximum Gasteiger partial charge on any atom is 0.407 e. The molecule has 9 heteroatoms. The van der Waals surface area contributed by atoms with Crippen LogP contribution in [0, 0.1) is 0 Å². The lowest BCUT2D eigenvalue weighted by atomic mass is 10.3. The zero-order chi connectivity index (χ0) is 14.3. The Labute approximate surface area is 119 Å². The summed E-state index contributed by atoms with van der Waals surface area (Å²) in [6.45, 7) is 1.99. The summed E-state index contributed by atoms with van der Waals surface area (Å²) in [4.78, 5) is 27.0. The number of aromatic nitrogens is 4. The molecule has 1 N–H and O–H groups in total. The number of anilines is 1. The predicted molar refractivity (Wildman–Crippen MR) is 73.1 cm³/mol. The van der Waals surface area contributed by atoms with Crippen molar-refractivity contribution >= 4 is 34.7 Å². The Bertz CT molecular complexity index is 664. The van der Waals surface area contributed by atoms with E-state index in [1.165, 1.54) is 4.90 Å². The van der Waals surface area contributed by atoms with Crippen molar-refractivity contribution in [1.82, 2.24) is 24.4 Å². The Morgan fingerprint density at radius 2 is 2.00 bits per heavy atom. The number of amides is 1. The van der Waals surface area contributed by atoms with E-state index in [0.29, 0.717) is 43.2 Å². The molecule has 1 amide bonds. The van der Waals surface area contributed by atoms with Gasteiger partial charge in [-0.1, -0.05) is 0 Å². The van der Waals surface area contributed by atoms with E-state index in [0.717, 1.165) is 0 Å². The standard InChI is InChI=1S/C11H13ClN6O2/c1-16-6-13-7-8(16)14-10(12)15-9(7)17-2-4-18(5-3-17)11(19)20/h6H,2-5H2,1H3,(H,19,20). The van der Waals surface area contributed by atoms with Crippen LogP contribution < -0.4 is 4.90 Å². The molecule has 2 aromatic rings. The first-order valence-corrected chi connectivity index (χ1v) is 6.51. The Kier molecular flexibility index (Phi) is 3.09. The fraction of sp³-hybridized carbons (Fsp3) is 0.455. The van der Waals surface area contributed by atoms with Gasteiger partial charge in [-0.3, -0.25) is 0 Å². The van der Waals surface area contributed by atoms with Gasteiger partial charge in [0.1, 0.15) is 0 Å². The molecule has 1 aliphatic heterocycles. The van der Waals surface area contributed by atoms with Gasteiger partial charge in [0.15, 0.2) is 17.0 Å². The fourth-order valence-electron chi connectivity index (χ4n) is 2.30. The maximum atomic E-state index is 10.9. The van der Waals surface area contributed by atoms with Crippen LogP contribution in [-0.4, -0.2) is 61.8 Å². The molecule has 2 aromatic heterocycles. The summed E-state index contributed by atoms with van der Waals surface area (Å²) in [7, 11) is 1.84. The van der Waals surface area contributed by atoms with Crippen LogP contribution in [0.1, 0.15) is 0 Å².